The fourth-order valence-corrected chi connectivity index (χ4v) is 2.93. The van der Waals surface area contributed by atoms with Gasteiger partial charge in [-0.3, -0.25) is 4.90 Å². The molecule has 2 rings (SSSR count). The van der Waals surface area contributed by atoms with E-state index in [-0.39, 0.29) is 6.10 Å². The number of aliphatic hydroxyl groups excluding tert-OH is 1. The van der Waals surface area contributed by atoms with Crippen molar-refractivity contribution in [3.05, 3.63) is 34.9 Å². The van der Waals surface area contributed by atoms with Crippen molar-refractivity contribution in [3.8, 4) is 0 Å². The summed E-state index contributed by atoms with van der Waals surface area (Å²) in [4.78, 5) is 2.50. The van der Waals surface area contributed by atoms with Crippen LogP contribution in [0.2, 0.25) is 5.02 Å². The highest BCUT2D eigenvalue weighted by atomic mass is 35.5. The van der Waals surface area contributed by atoms with Gasteiger partial charge in [0, 0.05) is 17.6 Å². The molecule has 1 aliphatic rings. The third kappa shape index (κ3) is 5.95. The quantitative estimate of drug-likeness (QED) is 0.812. The lowest BCUT2D eigenvalue weighted by atomic mass is 10.0. The van der Waals surface area contributed by atoms with Gasteiger partial charge in [-0.1, -0.05) is 30.7 Å². The molecule has 118 valence electrons. The highest BCUT2D eigenvalue weighted by Crippen LogP contribution is 2.16. The molecule has 1 aromatic carbocycles. The number of benzene rings is 1. The summed E-state index contributed by atoms with van der Waals surface area (Å²) in [6.45, 7) is 6.24. The topological polar surface area (TPSA) is 35.5 Å². The van der Waals surface area contributed by atoms with Crippen LogP contribution in [0.5, 0.6) is 0 Å². The molecule has 1 heterocycles. The molecular weight excluding hydrogens is 284 g/mol. The number of hydrogen-bond acceptors (Lipinski definition) is 3. The van der Waals surface area contributed by atoms with Crippen LogP contribution in [0.3, 0.4) is 0 Å². The van der Waals surface area contributed by atoms with E-state index in [9.17, 15) is 5.11 Å². The second kappa shape index (κ2) is 8.74. The van der Waals surface area contributed by atoms with E-state index < -0.39 is 0 Å². The van der Waals surface area contributed by atoms with Crippen LogP contribution in [0.15, 0.2) is 24.3 Å². The van der Waals surface area contributed by atoms with E-state index in [1.54, 1.807) is 0 Å². The lowest BCUT2D eigenvalue weighted by Gasteiger charge is -2.32. The number of nitrogens with zero attached hydrogens (tertiary/aromatic N) is 1. The first kappa shape index (κ1) is 16.8. The third-order valence-electron chi connectivity index (χ3n) is 4.29. The zero-order valence-electron chi connectivity index (χ0n) is 12.9. The van der Waals surface area contributed by atoms with Gasteiger partial charge in [0.15, 0.2) is 0 Å². The average molecular weight is 311 g/mol. The summed E-state index contributed by atoms with van der Waals surface area (Å²) in [5, 5.41) is 13.9. The van der Waals surface area contributed by atoms with Gasteiger partial charge in [-0.15, -0.1) is 0 Å². The molecule has 0 bridgehead atoms. The van der Waals surface area contributed by atoms with Crippen molar-refractivity contribution in [2.24, 2.45) is 0 Å². The van der Waals surface area contributed by atoms with Crippen molar-refractivity contribution in [3.63, 3.8) is 0 Å². The van der Waals surface area contributed by atoms with Crippen LogP contribution in [-0.4, -0.2) is 41.8 Å². The number of piperidine rings is 1. The first-order chi connectivity index (χ1) is 10.2. The van der Waals surface area contributed by atoms with Crippen molar-refractivity contribution < 1.29 is 5.11 Å². The summed E-state index contributed by atoms with van der Waals surface area (Å²) >= 11 is 5.92. The van der Waals surface area contributed by atoms with Crippen LogP contribution in [0.25, 0.3) is 0 Å². The molecule has 1 aromatic rings. The highest BCUT2D eigenvalue weighted by Gasteiger charge is 2.18. The lowest BCUT2D eigenvalue weighted by molar-refractivity contribution is 0.152. The predicted molar refractivity (Wildman–Crippen MR) is 88.7 cm³/mol. The van der Waals surface area contributed by atoms with Gasteiger partial charge in [-0.25, -0.2) is 0 Å². The molecule has 1 atom stereocenters. The van der Waals surface area contributed by atoms with Crippen LogP contribution < -0.4 is 5.32 Å². The fraction of sp³-hybridized carbons (Fsp3) is 0.647. The molecule has 21 heavy (non-hydrogen) atoms. The Labute approximate surface area is 133 Å². The Bertz CT molecular complexity index is 402. The summed E-state index contributed by atoms with van der Waals surface area (Å²) < 4.78 is 0. The minimum atomic E-state index is -0.150. The molecule has 0 radical (unpaired) electrons. The smallest absolute Gasteiger partial charge is 0.0549 e. The van der Waals surface area contributed by atoms with Crippen molar-refractivity contribution in [2.45, 2.75) is 51.3 Å². The minimum Gasteiger partial charge on any atom is -0.393 e. The molecule has 0 aromatic heterocycles. The number of likely N-dealkylation sites (tertiary alicyclic amines) is 1. The molecule has 1 fully saturated rings. The Morgan fingerprint density at radius 1 is 1.29 bits per heavy atom. The van der Waals surface area contributed by atoms with Crippen molar-refractivity contribution in [1.82, 2.24) is 10.2 Å². The van der Waals surface area contributed by atoms with Gasteiger partial charge in [0.05, 0.1) is 6.10 Å². The Morgan fingerprint density at radius 2 is 1.95 bits per heavy atom. The molecule has 4 heteroatoms. The molecule has 1 aliphatic heterocycles. The molecule has 0 amide bonds. The second-order valence-electron chi connectivity index (χ2n) is 5.98. The Hall–Kier alpha value is -0.610. The molecule has 2 N–H and O–H groups in total. The molecule has 0 saturated carbocycles. The van der Waals surface area contributed by atoms with Gasteiger partial charge in [0.25, 0.3) is 0 Å². The normalized spacial score (nSPS) is 18.8. The van der Waals surface area contributed by atoms with Gasteiger partial charge < -0.3 is 10.4 Å². The van der Waals surface area contributed by atoms with E-state index in [0.29, 0.717) is 6.04 Å². The maximum absolute atomic E-state index is 9.56. The van der Waals surface area contributed by atoms with E-state index in [2.05, 4.69) is 22.3 Å². The van der Waals surface area contributed by atoms with E-state index in [4.69, 9.17) is 11.6 Å². The molecule has 0 spiro atoms. The van der Waals surface area contributed by atoms with Crippen molar-refractivity contribution in [1.29, 1.82) is 0 Å². The summed E-state index contributed by atoms with van der Waals surface area (Å²) in [6, 6.07) is 8.75. The summed E-state index contributed by atoms with van der Waals surface area (Å²) in [5.74, 6) is 0. The second-order valence-corrected chi connectivity index (χ2v) is 6.42. The summed E-state index contributed by atoms with van der Waals surface area (Å²) in [7, 11) is 0. The van der Waals surface area contributed by atoms with Crippen molar-refractivity contribution >= 4 is 11.6 Å². The number of hydrogen-bond donors (Lipinski definition) is 2. The van der Waals surface area contributed by atoms with Gasteiger partial charge in [-0.05, 0) is 63.0 Å². The monoisotopic (exact) mass is 310 g/mol. The lowest BCUT2D eigenvalue weighted by Crippen LogP contribution is -2.42. The minimum absolute atomic E-state index is 0.150. The van der Waals surface area contributed by atoms with Crippen LogP contribution in [0, 0.1) is 0 Å². The standard InChI is InChI=1S/C17H27ClN2O/c1-2-17(21)7-10-19-16-8-11-20(12-9-16)13-14-3-5-15(18)6-4-14/h3-6,16-17,19,21H,2,7-13H2,1H3. The van der Waals surface area contributed by atoms with Gasteiger partial charge >= 0.3 is 0 Å². The highest BCUT2D eigenvalue weighted by molar-refractivity contribution is 6.30. The zero-order valence-corrected chi connectivity index (χ0v) is 13.6. The zero-order chi connectivity index (χ0) is 15.1. The van der Waals surface area contributed by atoms with Crippen LogP contribution in [0.1, 0.15) is 38.2 Å². The van der Waals surface area contributed by atoms with E-state index in [1.165, 1.54) is 18.4 Å². The number of nitrogens with one attached hydrogen (secondary N) is 1. The number of aliphatic hydroxyl groups is 1. The first-order valence-corrected chi connectivity index (χ1v) is 8.43. The number of halogens is 1. The SMILES string of the molecule is CCC(O)CCNC1CCN(Cc2ccc(Cl)cc2)CC1. The Morgan fingerprint density at radius 3 is 2.57 bits per heavy atom. The Balaban J connectivity index is 1.65. The number of rotatable bonds is 7. The van der Waals surface area contributed by atoms with Crippen LogP contribution >= 0.6 is 11.6 Å². The third-order valence-corrected chi connectivity index (χ3v) is 4.54. The maximum Gasteiger partial charge on any atom is 0.0549 e. The van der Waals surface area contributed by atoms with E-state index in [0.717, 1.165) is 44.0 Å². The summed E-state index contributed by atoms with van der Waals surface area (Å²) in [5.41, 5.74) is 1.33. The molecule has 3 nitrogen and oxygen atoms in total. The molecule has 0 aliphatic carbocycles. The van der Waals surface area contributed by atoms with E-state index >= 15 is 0 Å². The maximum atomic E-state index is 9.56. The average Bonchev–Trinajstić information content (AvgIpc) is 2.51. The Kier molecular flexibility index (Phi) is 6.97. The first-order valence-electron chi connectivity index (χ1n) is 8.05. The van der Waals surface area contributed by atoms with Crippen LogP contribution in [-0.2, 0) is 6.54 Å². The molecular formula is C17H27ClN2O. The van der Waals surface area contributed by atoms with Crippen LogP contribution in [0.4, 0.5) is 0 Å². The fourth-order valence-electron chi connectivity index (χ4n) is 2.80. The van der Waals surface area contributed by atoms with Gasteiger partial charge in [-0.2, -0.15) is 0 Å². The largest absolute Gasteiger partial charge is 0.393 e. The predicted octanol–water partition coefficient (Wildman–Crippen LogP) is 3.06. The van der Waals surface area contributed by atoms with Gasteiger partial charge in [0.2, 0.25) is 0 Å². The van der Waals surface area contributed by atoms with Crippen molar-refractivity contribution in [2.75, 3.05) is 19.6 Å². The molecule has 1 saturated heterocycles. The molecule has 1 unspecified atom stereocenters. The van der Waals surface area contributed by atoms with Gasteiger partial charge in [0.1, 0.15) is 0 Å². The summed E-state index contributed by atoms with van der Waals surface area (Å²) in [6.07, 6.45) is 3.94. The van der Waals surface area contributed by atoms with E-state index in [1.807, 2.05) is 19.1 Å².